The highest BCUT2D eigenvalue weighted by Gasteiger charge is 2.38. The summed E-state index contributed by atoms with van der Waals surface area (Å²) in [6.45, 7) is 4.28. The number of hydrogen-bond donors (Lipinski definition) is 0. The second-order valence-corrected chi connectivity index (χ2v) is 6.74. The molecule has 2 aliphatic rings. The Balaban J connectivity index is 1.74. The summed E-state index contributed by atoms with van der Waals surface area (Å²) >= 11 is 6.16. The number of nitrogens with zero attached hydrogens (tertiary/aromatic N) is 2. The van der Waals surface area contributed by atoms with Crippen molar-refractivity contribution < 1.29 is 9.18 Å². The zero-order valence-corrected chi connectivity index (χ0v) is 13.7. The highest BCUT2D eigenvalue weighted by atomic mass is 35.5. The smallest absolute Gasteiger partial charge is 0.219 e. The minimum atomic E-state index is -0.301. The molecule has 0 aliphatic carbocycles. The summed E-state index contributed by atoms with van der Waals surface area (Å²) in [5.41, 5.74) is 0.960. The van der Waals surface area contributed by atoms with Gasteiger partial charge in [0.25, 0.3) is 0 Å². The summed E-state index contributed by atoms with van der Waals surface area (Å²) in [5.74, 6) is -0.126. The first-order chi connectivity index (χ1) is 10.6. The van der Waals surface area contributed by atoms with Crippen LogP contribution in [0.3, 0.4) is 0 Å². The fraction of sp³-hybridized carbons (Fsp3) is 0.588. The average Bonchev–Trinajstić information content (AvgIpc) is 3.10. The lowest BCUT2D eigenvalue weighted by Crippen LogP contribution is -2.47. The molecule has 0 saturated carbocycles. The van der Waals surface area contributed by atoms with E-state index < -0.39 is 0 Å². The van der Waals surface area contributed by atoms with Crippen molar-refractivity contribution in [1.82, 2.24) is 9.80 Å². The van der Waals surface area contributed by atoms with Gasteiger partial charge >= 0.3 is 0 Å². The van der Waals surface area contributed by atoms with Gasteiger partial charge < -0.3 is 4.90 Å². The van der Waals surface area contributed by atoms with Crippen molar-refractivity contribution >= 4 is 17.5 Å². The van der Waals surface area contributed by atoms with Crippen molar-refractivity contribution in [3.8, 4) is 0 Å². The number of hydrogen-bond acceptors (Lipinski definition) is 2. The number of carbonyl (C=O) groups excluding carboxylic acids is 1. The Morgan fingerprint density at radius 1 is 1.27 bits per heavy atom. The van der Waals surface area contributed by atoms with E-state index in [0.29, 0.717) is 17.1 Å². The van der Waals surface area contributed by atoms with Crippen LogP contribution < -0.4 is 0 Å². The second-order valence-electron chi connectivity index (χ2n) is 6.34. The van der Waals surface area contributed by atoms with E-state index in [4.69, 9.17) is 11.6 Å². The molecule has 0 spiro atoms. The lowest BCUT2D eigenvalue weighted by Gasteiger charge is -2.34. The third-order valence-corrected chi connectivity index (χ3v) is 5.30. The molecule has 1 amide bonds. The Labute approximate surface area is 136 Å². The summed E-state index contributed by atoms with van der Waals surface area (Å²) in [5, 5.41) is 0.487. The molecular formula is C17H22ClFN2O. The molecule has 3 rings (SSSR count). The zero-order chi connectivity index (χ0) is 15.7. The van der Waals surface area contributed by atoms with Gasteiger partial charge in [-0.25, -0.2) is 4.39 Å². The quantitative estimate of drug-likeness (QED) is 0.850. The van der Waals surface area contributed by atoms with Crippen LogP contribution >= 0.6 is 11.6 Å². The third-order valence-electron chi connectivity index (χ3n) is 4.95. The minimum Gasteiger partial charge on any atom is -0.338 e. The maximum atomic E-state index is 13.2. The standard InChI is InChI=1S/C17H22ClFN2O/c1-12(22)21-9-3-5-17(21)16-4-2-8-20(16)11-13-6-7-14(19)10-15(13)18/h6-7,10,16-17H,2-5,8-9,11H2,1H3. The van der Waals surface area contributed by atoms with Crippen LogP contribution in [0, 0.1) is 5.82 Å². The molecular weight excluding hydrogens is 303 g/mol. The highest BCUT2D eigenvalue weighted by molar-refractivity contribution is 6.31. The Morgan fingerprint density at radius 2 is 2.00 bits per heavy atom. The van der Waals surface area contributed by atoms with Crippen LogP contribution in [0.25, 0.3) is 0 Å². The lowest BCUT2D eigenvalue weighted by atomic mass is 10.0. The molecule has 2 fully saturated rings. The van der Waals surface area contributed by atoms with E-state index in [1.54, 1.807) is 13.0 Å². The molecule has 2 saturated heterocycles. The summed E-state index contributed by atoms with van der Waals surface area (Å²) < 4.78 is 13.2. The van der Waals surface area contributed by atoms with Crippen molar-refractivity contribution in [2.24, 2.45) is 0 Å². The van der Waals surface area contributed by atoms with E-state index >= 15 is 0 Å². The number of likely N-dealkylation sites (tertiary alicyclic amines) is 2. The van der Waals surface area contributed by atoms with E-state index in [-0.39, 0.29) is 11.7 Å². The number of carbonyl (C=O) groups is 1. The fourth-order valence-electron chi connectivity index (χ4n) is 3.94. The van der Waals surface area contributed by atoms with Gasteiger partial charge in [0.2, 0.25) is 5.91 Å². The van der Waals surface area contributed by atoms with Crippen molar-refractivity contribution in [3.63, 3.8) is 0 Å². The first kappa shape index (κ1) is 15.8. The molecule has 0 aromatic heterocycles. The van der Waals surface area contributed by atoms with E-state index in [0.717, 1.165) is 50.9 Å². The molecule has 120 valence electrons. The van der Waals surface area contributed by atoms with Gasteiger partial charge in [-0.05, 0) is 49.9 Å². The first-order valence-electron chi connectivity index (χ1n) is 8.01. The van der Waals surface area contributed by atoms with Gasteiger partial charge in [-0.3, -0.25) is 9.69 Å². The van der Waals surface area contributed by atoms with E-state index in [1.807, 2.05) is 4.90 Å². The molecule has 2 unspecified atom stereocenters. The van der Waals surface area contributed by atoms with E-state index in [1.165, 1.54) is 12.1 Å². The maximum Gasteiger partial charge on any atom is 0.219 e. The predicted octanol–water partition coefficient (Wildman–Crippen LogP) is 3.45. The molecule has 2 aliphatic heterocycles. The van der Waals surface area contributed by atoms with Crippen LogP contribution in [0.2, 0.25) is 5.02 Å². The van der Waals surface area contributed by atoms with Crippen LogP contribution in [0.4, 0.5) is 4.39 Å². The normalized spacial score (nSPS) is 25.9. The van der Waals surface area contributed by atoms with E-state index in [9.17, 15) is 9.18 Å². The Kier molecular flexibility index (Phi) is 4.69. The predicted molar refractivity (Wildman–Crippen MR) is 85.3 cm³/mol. The van der Waals surface area contributed by atoms with Crippen LogP contribution in [-0.4, -0.2) is 40.9 Å². The topological polar surface area (TPSA) is 23.6 Å². The van der Waals surface area contributed by atoms with E-state index in [2.05, 4.69) is 4.90 Å². The molecule has 0 radical (unpaired) electrons. The van der Waals surface area contributed by atoms with Gasteiger partial charge in [-0.2, -0.15) is 0 Å². The second kappa shape index (κ2) is 6.55. The van der Waals surface area contributed by atoms with Crippen LogP contribution in [0.1, 0.15) is 38.2 Å². The van der Waals surface area contributed by atoms with Crippen molar-refractivity contribution in [2.75, 3.05) is 13.1 Å². The van der Waals surface area contributed by atoms with Gasteiger partial charge in [0, 0.05) is 37.1 Å². The highest BCUT2D eigenvalue weighted by Crippen LogP contribution is 2.32. The maximum absolute atomic E-state index is 13.2. The Bertz CT molecular complexity index is 566. The van der Waals surface area contributed by atoms with Gasteiger partial charge in [0.05, 0.1) is 0 Å². The van der Waals surface area contributed by atoms with Crippen molar-refractivity contribution in [2.45, 2.75) is 51.2 Å². The van der Waals surface area contributed by atoms with Crippen LogP contribution in [-0.2, 0) is 11.3 Å². The monoisotopic (exact) mass is 324 g/mol. The van der Waals surface area contributed by atoms with Gasteiger partial charge in [0.15, 0.2) is 0 Å². The molecule has 22 heavy (non-hydrogen) atoms. The van der Waals surface area contributed by atoms with Gasteiger partial charge in [-0.1, -0.05) is 17.7 Å². The molecule has 1 aromatic rings. The summed E-state index contributed by atoms with van der Waals surface area (Å²) in [4.78, 5) is 16.2. The average molecular weight is 325 g/mol. The summed E-state index contributed by atoms with van der Waals surface area (Å²) in [6, 6.07) is 5.32. The Hall–Kier alpha value is -1.13. The largest absolute Gasteiger partial charge is 0.338 e. The van der Waals surface area contributed by atoms with Gasteiger partial charge in [-0.15, -0.1) is 0 Å². The fourth-order valence-corrected chi connectivity index (χ4v) is 4.16. The molecule has 2 heterocycles. The van der Waals surface area contributed by atoms with Crippen molar-refractivity contribution in [1.29, 1.82) is 0 Å². The lowest BCUT2D eigenvalue weighted by molar-refractivity contribution is -0.130. The van der Waals surface area contributed by atoms with Crippen LogP contribution in [0.5, 0.6) is 0 Å². The molecule has 2 atom stereocenters. The van der Waals surface area contributed by atoms with Crippen LogP contribution in [0.15, 0.2) is 18.2 Å². The number of rotatable bonds is 3. The van der Waals surface area contributed by atoms with Crippen molar-refractivity contribution in [3.05, 3.63) is 34.6 Å². The Morgan fingerprint density at radius 3 is 2.73 bits per heavy atom. The summed E-state index contributed by atoms with van der Waals surface area (Å²) in [6.07, 6.45) is 4.43. The number of benzene rings is 1. The summed E-state index contributed by atoms with van der Waals surface area (Å²) in [7, 11) is 0. The third kappa shape index (κ3) is 3.13. The molecule has 3 nitrogen and oxygen atoms in total. The zero-order valence-electron chi connectivity index (χ0n) is 12.9. The number of amides is 1. The number of halogens is 2. The molecule has 1 aromatic carbocycles. The molecule has 5 heteroatoms. The SMILES string of the molecule is CC(=O)N1CCCC1C1CCCN1Cc1ccc(F)cc1Cl. The van der Waals surface area contributed by atoms with Gasteiger partial charge in [0.1, 0.15) is 5.82 Å². The minimum absolute atomic E-state index is 0.175. The molecule has 0 N–H and O–H groups in total. The molecule has 0 bridgehead atoms. The first-order valence-corrected chi connectivity index (χ1v) is 8.39.